The van der Waals surface area contributed by atoms with Gasteiger partial charge in [-0.1, -0.05) is 0 Å². The van der Waals surface area contributed by atoms with Crippen molar-refractivity contribution < 1.29 is 4.79 Å². The molecule has 7 nitrogen and oxygen atoms in total. The van der Waals surface area contributed by atoms with Gasteiger partial charge in [0.25, 0.3) is 11.5 Å². The summed E-state index contributed by atoms with van der Waals surface area (Å²) in [5.74, 6) is -0.00385. The average molecular weight is 381 g/mol. The Kier molecular flexibility index (Phi) is 4.81. The van der Waals surface area contributed by atoms with Crippen LogP contribution in [0.25, 0.3) is 11.3 Å². The second-order valence-electron chi connectivity index (χ2n) is 6.54. The SMILES string of the molecule is Cc1ncsc1C(=O)N1CCCC1Cn1nc(-c2ccncc2)ccc1=O. The maximum absolute atomic E-state index is 12.9. The van der Waals surface area contributed by atoms with Crippen molar-refractivity contribution in [2.75, 3.05) is 6.54 Å². The first-order valence-electron chi connectivity index (χ1n) is 8.83. The van der Waals surface area contributed by atoms with Crippen LogP contribution < -0.4 is 5.56 Å². The van der Waals surface area contributed by atoms with Crippen molar-refractivity contribution >= 4 is 17.2 Å². The first-order valence-corrected chi connectivity index (χ1v) is 9.71. The summed E-state index contributed by atoms with van der Waals surface area (Å²) >= 11 is 1.36. The van der Waals surface area contributed by atoms with Crippen LogP contribution in [-0.4, -0.2) is 43.1 Å². The number of nitrogens with zero attached hydrogens (tertiary/aromatic N) is 5. The molecule has 0 radical (unpaired) electrons. The van der Waals surface area contributed by atoms with Gasteiger partial charge in [-0.05, 0) is 38.0 Å². The van der Waals surface area contributed by atoms with E-state index >= 15 is 0 Å². The van der Waals surface area contributed by atoms with Gasteiger partial charge in [-0.2, -0.15) is 5.10 Å². The highest BCUT2D eigenvalue weighted by atomic mass is 32.1. The minimum Gasteiger partial charge on any atom is -0.333 e. The Morgan fingerprint density at radius 2 is 2.07 bits per heavy atom. The Morgan fingerprint density at radius 1 is 1.26 bits per heavy atom. The predicted octanol–water partition coefficient (Wildman–Crippen LogP) is 2.38. The smallest absolute Gasteiger partial charge is 0.266 e. The van der Waals surface area contributed by atoms with Crippen LogP contribution in [0.4, 0.5) is 0 Å². The highest BCUT2D eigenvalue weighted by Gasteiger charge is 2.31. The Morgan fingerprint density at radius 3 is 2.81 bits per heavy atom. The van der Waals surface area contributed by atoms with Gasteiger partial charge in [0.2, 0.25) is 0 Å². The molecule has 1 atom stereocenters. The monoisotopic (exact) mass is 381 g/mol. The molecule has 1 aliphatic rings. The van der Waals surface area contributed by atoms with Crippen LogP contribution >= 0.6 is 11.3 Å². The number of thiazole rings is 1. The standard InChI is InChI=1S/C19H19N5O2S/c1-13-18(27-12-21-13)19(26)23-10-2-3-15(23)11-24-17(25)5-4-16(22-24)14-6-8-20-9-7-14/h4-9,12,15H,2-3,10-11H2,1H3. The van der Waals surface area contributed by atoms with Crippen LogP contribution in [0.3, 0.4) is 0 Å². The van der Waals surface area contributed by atoms with Crippen molar-refractivity contribution in [3.8, 4) is 11.3 Å². The zero-order valence-corrected chi connectivity index (χ0v) is 15.7. The topological polar surface area (TPSA) is 81.0 Å². The van der Waals surface area contributed by atoms with Gasteiger partial charge >= 0.3 is 0 Å². The number of rotatable bonds is 4. The normalized spacial score (nSPS) is 16.6. The third kappa shape index (κ3) is 3.52. The number of pyridine rings is 1. The van der Waals surface area contributed by atoms with E-state index in [1.165, 1.54) is 22.1 Å². The van der Waals surface area contributed by atoms with Crippen molar-refractivity contribution in [1.82, 2.24) is 24.6 Å². The lowest BCUT2D eigenvalue weighted by Crippen LogP contribution is -2.40. The van der Waals surface area contributed by atoms with Gasteiger partial charge in [-0.15, -0.1) is 11.3 Å². The summed E-state index contributed by atoms with van der Waals surface area (Å²) in [5.41, 5.74) is 3.90. The maximum atomic E-state index is 12.9. The van der Waals surface area contributed by atoms with E-state index in [2.05, 4.69) is 15.1 Å². The van der Waals surface area contributed by atoms with E-state index in [4.69, 9.17) is 0 Å². The maximum Gasteiger partial charge on any atom is 0.266 e. The second-order valence-corrected chi connectivity index (χ2v) is 7.39. The second kappa shape index (κ2) is 7.40. The molecule has 3 aromatic heterocycles. The molecule has 1 aliphatic heterocycles. The molecule has 0 aliphatic carbocycles. The summed E-state index contributed by atoms with van der Waals surface area (Å²) in [6, 6.07) is 6.91. The number of amides is 1. The molecular formula is C19H19N5O2S. The Hall–Kier alpha value is -2.87. The largest absolute Gasteiger partial charge is 0.333 e. The molecule has 0 bridgehead atoms. The number of carbonyl (C=O) groups excluding carboxylic acids is 1. The highest BCUT2D eigenvalue weighted by molar-refractivity contribution is 7.11. The zero-order valence-electron chi connectivity index (χ0n) is 14.9. The number of carbonyl (C=O) groups is 1. The van der Waals surface area contributed by atoms with Gasteiger partial charge < -0.3 is 4.90 Å². The molecule has 4 heterocycles. The van der Waals surface area contributed by atoms with Crippen LogP contribution in [0.2, 0.25) is 0 Å². The van der Waals surface area contributed by atoms with Crippen LogP contribution in [0, 0.1) is 6.92 Å². The third-order valence-electron chi connectivity index (χ3n) is 4.80. The molecule has 1 fully saturated rings. The molecule has 1 amide bonds. The Balaban J connectivity index is 1.59. The molecule has 0 aromatic carbocycles. The molecule has 1 saturated heterocycles. The van der Waals surface area contributed by atoms with E-state index in [9.17, 15) is 9.59 Å². The van der Waals surface area contributed by atoms with Crippen molar-refractivity contribution in [1.29, 1.82) is 0 Å². The Labute approximate surface area is 160 Å². The first kappa shape index (κ1) is 17.5. The third-order valence-corrected chi connectivity index (χ3v) is 5.72. The van der Waals surface area contributed by atoms with E-state index in [1.54, 1.807) is 24.0 Å². The molecule has 27 heavy (non-hydrogen) atoms. The lowest BCUT2D eigenvalue weighted by atomic mass is 10.2. The summed E-state index contributed by atoms with van der Waals surface area (Å²) in [5, 5.41) is 4.51. The molecular weight excluding hydrogens is 362 g/mol. The molecule has 3 aromatic rings. The van der Waals surface area contributed by atoms with Gasteiger partial charge in [0.15, 0.2) is 0 Å². The van der Waals surface area contributed by atoms with Gasteiger partial charge in [-0.3, -0.25) is 14.6 Å². The van der Waals surface area contributed by atoms with Gasteiger partial charge in [0.05, 0.1) is 29.5 Å². The summed E-state index contributed by atoms with van der Waals surface area (Å²) < 4.78 is 1.46. The van der Waals surface area contributed by atoms with Crippen molar-refractivity contribution in [2.45, 2.75) is 32.4 Å². The number of aryl methyl sites for hydroxylation is 1. The lowest BCUT2D eigenvalue weighted by Gasteiger charge is -2.24. The molecule has 0 N–H and O–H groups in total. The summed E-state index contributed by atoms with van der Waals surface area (Å²) in [6.45, 7) is 2.93. The van der Waals surface area contributed by atoms with E-state index in [1.807, 2.05) is 24.0 Å². The predicted molar refractivity (Wildman–Crippen MR) is 103 cm³/mol. The molecule has 0 spiro atoms. The highest BCUT2D eigenvalue weighted by Crippen LogP contribution is 2.24. The Bertz CT molecular complexity index is 1010. The van der Waals surface area contributed by atoms with E-state index < -0.39 is 0 Å². The number of aromatic nitrogens is 4. The fourth-order valence-corrected chi connectivity index (χ4v) is 4.14. The van der Waals surface area contributed by atoms with Gasteiger partial charge in [0, 0.05) is 30.6 Å². The lowest BCUT2D eigenvalue weighted by molar-refractivity contribution is 0.0724. The molecule has 8 heteroatoms. The first-order chi connectivity index (χ1) is 13.1. The van der Waals surface area contributed by atoms with Crippen molar-refractivity contribution in [3.05, 3.63) is 63.1 Å². The van der Waals surface area contributed by atoms with Gasteiger partial charge in [0.1, 0.15) is 4.88 Å². The zero-order chi connectivity index (χ0) is 18.8. The molecule has 138 valence electrons. The average Bonchev–Trinajstić information content (AvgIpc) is 3.32. The minimum absolute atomic E-state index is 0.00385. The van der Waals surface area contributed by atoms with E-state index in [0.717, 1.165) is 24.1 Å². The summed E-state index contributed by atoms with van der Waals surface area (Å²) in [6.07, 6.45) is 5.17. The van der Waals surface area contributed by atoms with Gasteiger partial charge in [-0.25, -0.2) is 9.67 Å². The van der Waals surface area contributed by atoms with E-state index in [-0.39, 0.29) is 17.5 Å². The molecule has 4 rings (SSSR count). The van der Waals surface area contributed by atoms with Crippen LogP contribution in [0.5, 0.6) is 0 Å². The van der Waals surface area contributed by atoms with Crippen LogP contribution in [0.15, 0.2) is 47.0 Å². The number of likely N-dealkylation sites (tertiary alicyclic amines) is 1. The quantitative estimate of drug-likeness (QED) is 0.693. The number of hydrogen-bond donors (Lipinski definition) is 0. The fraction of sp³-hybridized carbons (Fsp3) is 0.316. The van der Waals surface area contributed by atoms with Crippen LogP contribution in [0.1, 0.15) is 28.2 Å². The van der Waals surface area contributed by atoms with Crippen LogP contribution in [-0.2, 0) is 6.54 Å². The summed E-state index contributed by atoms with van der Waals surface area (Å²) in [7, 11) is 0. The number of hydrogen-bond acceptors (Lipinski definition) is 6. The minimum atomic E-state index is -0.166. The summed E-state index contributed by atoms with van der Waals surface area (Å²) in [4.78, 5) is 35.9. The van der Waals surface area contributed by atoms with Crippen molar-refractivity contribution in [3.63, 3.8) is 0 Å². The van der Waals surface area contributed by atoms with E-state index in [0.29, 0.717) is 23.7 Å². The molecule has 0 saturated carbocycles. The fourth-order valence-electron chi connectivity index (χ4n) is 3.39. The van der Waals surface area contributed by atoms with Crippen molar-refractivity contribution in [2.24, 2.45) is 0 Å². The molecule has 1 unspecified atom stereocenters.